The first-order valence-electron chi connectivity index (χ1n) is 11.6. The van der Waals surface area contributed by atoms with Crippen LogP contribution in [0.3, 0.4) is 0 Å². The van der Waals surface area contributed by atoms with Crippen molar-refractivity contribution in [3.63, 3.8) is 0 Å². The van der Waals surface area contributed by atoms with Crippen molar-refractivity contribution >= 4 is 27.8 Å². The molecule has 0 atom stereocenters. The molecule has 7 nitrogen and oxygen atoms in total. The molecule has 5 aromatic rings. The van der Waals surface area contributed by atoms with E-state index < -0.39 is 0 Å². The molecule has 0 spiro atoms. The smallest absolute Gasteiger partial charge is 0.146 e. The van der Waals surface area contributed by atoms with Gasteiger partial charge in [0.25, 0.3) is 0 Å². The molecule has 0 saturated heterocycles. The van der Waals surface area contributed by atoms with Crippen LogP contribution in [0.1, 0.15) is 18.9 Å². The Morgan fingerprint density at radius 2 is 1.79 bits per heavy atom. The number of anilines is 1. The van der Waals surface area contributed by atoms with Gasteiger partial charge in [0, 0.05) is 28.8 Å². The molecule has 1 aliphatic carbocycles. The number of ether oxygens (including phenoxy) is 1. The van der Waals surface area contributed by atoms with Gasteiger partial charge in [0.05, 0.1) is 29.9 Å². The molecule has 1 fully saturated rings. The Morgan fingerprint density at radius 1 is 0.971 bits per heavy atom. The van der Waals surface area contributed by atoms with Gasteiger partial charge in [0.15, 0.2) is 0 Å². The summed E-state index contributed by atoms with van der Waals surface area (Å²) >= 11 is 0. The molecule has 2 aromatic carbocycles. The first-order valence-corrected chi connectivity index (χ1v) is 11.6. The Bertz CT molecular complexity index is 1470. The molecule has 1 aliphatic rings. The Labute approximate surface area is 197 Å². The Hall–Kier alpha value is -3.81. The van der Waals surface area contributed by atoms with Gasteiger partial charge in [-0.25, -0.2) is 15.0 Å². The maximum atomic E-state index is 6.36. The van der Waals surface area contributed by atoms with Gasteiger partial charge in [-0.3, -0.25) is 0 Å². The summed E-state index contributed by atoms with van der Waals surface area (Å²) in [5.74, 6) is 1.02. The number of fused-ring (bicyclic) bond motifs is 2. The van der Waals surface area contributed by atoms with E-state index in [4.69, 9.17) is 21.2 Å². The molecule has 1 saturated carbocycles. The second-order valence-electron chi connectivity index (χ2n) is 8.91. The van der Waals surface area contributed by atoms with Gasteiger partial charge >= 0.3 is 0 Å². The third-order valence-electron chi connectivity index (χ3n) is 6.79. The van der Waals surface area contributed by atoms with E-state index in [1.54, 1.807) is 6.33 Å². The molecule has 34 heavy (non-hydrogen) atoms. The summed E-state index contributed by atoms with van der Waals surface area (Å²) in [6.45, 7) is 0.972. The van der Waals surface area contributed by atoms with Crippen molar-refractivity contribution in [3.05, 3.63) is 73.2 Å². The predicted octanol–water partition coefficient (Wildman–Crippen LogP) is 4.78. The lowest BCUT2D eigenvalue weighted by atomic mass is 9.80. The van der Waals surface area contributed by atoms with Crippen LogP contribution in [0.25, 0.3) is 44.3 Å². The number of aromatic nitrogens is 4. The maximum absolute atomic E-state index is 6.36. The van der Waals surface area contributed by atoms with Crippen molar-refractivity contribution in [2.24, 2.45) is 11.7 Å². The highest BCUT2D eigenvalue weighted by molar-refractivity contribution is 6.02. The van der Waals surface area contributed by atoms with E-state index in [9.17, 15) is 0 Å². The number of hydrogen-bond donors (Lipinski definition) is 2. The molecule has 0 aliphatic heterocycles. The molecule has 6 rings (SSSR count). The zero-order chi connectivity index (χ0) is 23.1. The molecule has 4 N–H and O–H groups in total. The van der Waals surface area contributed by atoms with Crippen LogP contribution in [0.5, 0.6) is 0 Å². The topological polar surface area (TPSA) is 105 Å². The third-order valence-corrected chi connectivity index (χ3v) is 6.79. The molecule has 0 radical (unpaired) electrons. The number of nitrogens with zero attached hydrogens (tertiary/aromatic N) is 4. The summed E-state index contributed by atoms with van der Waals surface area (Å²) < 4.78 is 7.65. The average molecular weight is 451 g/mol. The maximum Gasteiger partial charge on any atom is 0.146 e. The van der Waals surface area contributed by atoms with Crippen LogP contribution >= 0.6 is 0 Å². The van der Waals surface area contributed by atoms with Crippen molar-refractivity contribution in [3.8, 4) is 22.4 Å². The SMILES string of the molecule is NCOCC1CC(n2cc(-c3ccc4ccc(-c5ccccc5)nc4c3)c3c(N)ncnc32)C1. The highest BCUT2D eigenvalue weighted by atomic mass is 16.5. The summed E-state index contributed by atoms with van der Waals surface area (Å²) in [4.78, 5) is 13.8. The summed E-state index contributed by atoms with van der Waals surface area (Å²) in [6.07, 6.45) is 5.78. The first-order chi connectivity index (χ1) is 16.7. The normalized spacial score (nSPS) is 17.8. The Morgan fingerprint density at radius 3 is 2.62 bits per heavy atom. The average Bonchev–Trinajstić information content (AvgIpc) is 3.23. The van der Waals surface area contributed by atoms with Crippen LogP contribution in [-0.4, -0.2) is 32.9 Å². The minimum absolute atomic E-state index is 0.267. The third kappa shape index (κ3) is 3.59. The van der Waals surface area contributed by atoms with Gasteiger partial charge in [-0.2, -0.15) is 0 Å². The number of nitrogens with two attached hydrogens (primary N) is 2. The molecule has 7 heteroatoms. The Kier molecular flexibility index (Phi) is 5.20. The van der Waals surface area contributed by atoms with E-state index in [1.807, 2.05) is 18.2 Å². The van der Waals surface area contributed by atoms with Crippen molar-refractivity contribution in [1.82, 2.24) is 19.5 Å². The lowest BCUT2D eigenvalue weighted by molar-refractivity contribution is 0.0509. The minimum Gasteiger partial charge on any atom is -0.383 e. The zero-order valence-electron chi connectivity index (χ0n) is 18.8. The monoisotopic (exact) mass is 450 g/mol. The largest absolute Gasteiger partial charge is 0.383 e. The summed E-state index contributed by atoms with van der Waals surface area (Å²) in [6, 6.07) is 21.1. The summed E-state index contributed by atoms with van der Waals surface area (Å²) in [5, 5.41) is 1.99. The highest BCUT2D eigenvalue weighted by Crippen LogP contribution is 2.43. The number of benzene rings is 2. The van der Waals surface area contributed by atoms with Crippen LogP contribution in [0, 0.1) is 5.92 Å². The molecule has 3 heterocycles. The molecule has 170 valence electrons. The molecule has 0 bridgehead atoms. The number of rotatable bonds is 6. The van der Waals surface area contributed by atoms with Crippen LogP contribution in [0.15, 0.2) is 73.2 Å². The lowest BCUT2D eigenvalue weighted by Gasteiger charge is -2.36. The molecule has 0 amide bonds. The molecule has 3 aromatic heterocycles. The van der Waals surface area contributed by atoms with Crippen molar-refractivity contribution in [2.45, 2.75) is 18.9 Å². The van der Waals surface area contributed by atoms with Crippen LogP contribution < -0.4 is 11.5 Å². The standard InChI is InChI=1S/C27H26N6O/c28-15-34-14-17-10-21(11-17)33-13-22(25-26(29)30-16-31-27(25)33)20-7-6-19-8-9-23(32-24(19)12-20)18-4-2-1-3-5-18/h1-9,12-13,16-17,21H,10-11,14-15,28H2,(H2,29,30,31). The van der Waals surface area contributed by atoms with Crippen LogP contribution in [0.4, 0.5) is 5.82 Å². The highest BCUT2D eigenvalue weighted by Gasteiger charge is 2.32. The first kappa shape index (κ1) is 20.8. The van der Waals surface area contributed by atoms with E-state index in [2.05, 4.69) is 63.2 Å². The molecule has 0 unspecified atom stereocenters. The van der Waals surface area contributed by atoms with Gasteiger partial charge in [-0.1, -0.05) is 48.5 Å². The van der Waals surface area contributed by atoms with Gasteiger partial charge in [-0.05, 0) is 36.5 Å². The van der Waals surface area contributed by atoms with Gasteiger partial charge in [0.2, 0.25) is 0 Å². The summed E-state index contributed by atoms with van der Waals surface area (Å²) in [5.41, 5.74) is 17.8. The van der Waals surface area contributed by atoms with Crippen molar-refractivity contribution < 1.29 is 4.74 Å². The van der Waals surface area contributed by atoms with Crippen LogP contribution in [0.2, 0.25) is 0 Å². The van der Waals surface area contributed by atoms with E-state index in [0.717, 1.165) is 57.2 Å². The van der Waals surface area contributed by atoms with Crippen molar-refractivity contribution in [2.75, 3.05) is 19.1 Å². The molecular weight excluding hydrogens is 424 g/mol. The number of hydrogen-bond acceptors (Lipinski definition) is 6. The number of nitrogen functional groups attached to an aromatic ring is 1. The van der Waals surface area contributed by atoms with Gasteiger partial charge in [0.1, 0.15) is 17.8 Å². The second-order valence-corrected chi connectivity index (χ2v) is 8.91. The minimum atomic E-state index is 0.267. The zero-order valence-corrected chi connectivity index (χ0v) is 18.8. The fourth-order valence-electron chi connectivity index (χ4n) is 4.96. The summed E-state index contributed by atoms with van der Waals surface area (Å²) in [7, 11) is 0. The second kappa shape index (κ2) is 8.52. The van der Waals surface area contributed by atoms with E-state index in [0.29, 0.717) is 24.4 Å². The van der Waals surface area contributed by atoms with Gasteiger partial charge < -0.3 is 20.8 Å². The fraction of sp³-hybridized carbons (Fsp3) is 0.222. The van der Waals surface area contributed by atoms with E-state index in [-0.39, 0.29) is 6.73 Å². The molecular formula is C27H26N6O. The van der Waals surface area contributed by atoms with E-state index in [1.165, 1.54) is 0 Å². The van der Waals surface area contributed by atoms with Crippen molar-refractivity contribution in [1.29, 1.82) is 0 Å². The Balaban J connectivity index is 1.42. The van der Waals surface area contributed by atoms with E-state index >= 15 is 0 Å². The number of pyridine rings is 1. The lowest BCUT2D eigenvalue weighted by Crippen LogP contribution is -2.30. The predicted molar refractivity (Wildman–Crippen MR) is 135 cm³/mol. The quantitative estimate of drug-likeness (QED) is 0.361. The fourth-order valence-corrected chi connectivity index (χ4v) is 4.96. The van der Waals surface area contributed by atoms with Gasteiger partial charge in [-0.15, -0.1) is 0 Å². The van der Waals surface area contributed by atoms with Crippen LogP contribution in [-0.2, 0) is 4.74 Å².